The molecule has 0 heterocycles. The third-order valence-corrected chi connectivity index (χ3v) is 5.26. The van der Waals surface area contributed by atoms with E-state index in [0.29, 0.717) is 10.8 Å². The van der Waals surface area contributed by atoms with Crippen molar-refractivity contribution in [2.75, 3.05) is 13.1 Å². The summed E-state index contributed by atoms with van der Waals surface area (Å²) in [6.45, 7) is 14.3. The van der Waals surface area contributed by atoms with Crippen LogP contribution >= 0.6 is 0 Å². The van der Waals surface area contributed by atoms with Gasteiger partial charge in [-0.15, -0.1) is 0 Å². The van der Waals surface area contributed by atoms with Crippen molar-refractivity contribution >= 4 is 0 Å². The van der Waals surface area contributed by atoms with Crippen LogP contribution in [0.3, 0.4) is 0 Å². The Hall–Kier alpha value is -0.0400. The zero-order chi connectivity index (χ0) is 14.4. The maximum Gasteiger partial charge on any atom is 0.000781 e. The van der Waals surface area contributed by atoms with Gasteiger partial charge in [0.25, 0.3) is 0 Å². The summed E-state index contributed by atoms with van der Waals surface area (Å²) in [6.07, 6.45) is 11.2. The molecule has 0 amide bonds. The van der Waals surface area contributed by atoms with Gasteiger partial charge in [-0.2, -0.15) is 0 Å². The minimum absolute atomic E-state index is 0.508. The minimum atomic E-state index is 0.508. The summed E-state index contributed by atoms with van der Waals surface area (Å²) in [7, 11) is 0. The van der Waals surface area contributed by atoms with Crippen LogP contribution in [0.15, 0.2) is 0 Å². The molecule has 0 unspecified atom stereocenters. The average Bonchev–Trinajstić information content (AvgIpc) is 2.36. The Balaban J connectivity index is 2.53. The highest BCUT2D eigenvalue weighted by atomic mass is 14.9. The summed E-state index contributed by atoms with van der Waals surface area (Å²) in [5, 5.41) is 3.71. The molecular formula is C18H37N. The Morgan fingerprint density at radius 1 is 1.05 bits per heavy atom. The van der Waals surface area contributed by atoms with Gasteiger partial charge in [-0.1, -0.05) is 47.5 Å². The van der Waals surface area contributed by atoms with Crippen LogP contribution < -0.4 is 5.32 Å². The molecule has 19 heavy (non-hydrogen) atoms. The summed E-state index contributed by atoms with van der Waals surface area (Å²) in [5.74, 6) is 0.938. The molecule has 1 aliphatic rings. The maximum atomic E-state index is 3.71. The minimum Gasteiger partial charge on any atom is -0.316 e. The summed E-state index contributed by atoms with van der Waals surface area (Å²) < 4.78 is 0. The van der Waals surface area contributed by atoms with E-state index in [4.69, 9.17) is 0 Å². The SMILES string of the molecule is CCCCC1(CNCCC)CCC(C(C)(C)C)CC1. The van der Waals surface area contributed by atoms with Crippen molar-refractivity contribution in [3.05, 3.63) is 0 Å². The van der Waals surface area contributed by atoms with Crippen LogP contribution in [0.2, 0.25) is 0 Å². The summed E-state index contributed by atoms with van der Waals surface area (Å²) >= 11 is 0. The third-order valence-electron chi connectivity index (χ3n) is 5.26. The van der Waals surface area contributed by atoms with E-state index in [1.165, 1.54) is 64.5 Å². The first-order chi connectivity index (χ1) is 8.93. The summed E-state index contributed by atoms with van der Waals surface area (Å²) in [5.41, 5.74) is 1.13. The zero-order valence-corrected chi connectivity index (χ0v) is 14.1. The molecule has 0 spiro atoms. The fraction of sp³-hybridized carbons (Fsp3) is 1.00. The summed E-state index contributed by atoms with van der Waals surface area (Å²) in [4.78, 5) is 0. The molecule has 1 saturated carbocycles. The van der Waals surface area contributed by atoms with Crippen molar-refractivity contribution in [3.8, 4) is 0 Å². The molecule has 0 radical (unpaired) electrons. The first-order valence-electron chi connectivity index (χ1n) is 8.64. The Morgan fingerprint density at radius 2 is 1.68 bits per heavy atom. The highest BCUT2D eigenvalue weighted by molar-refractivity contribution is 4.90. The van der Waals surface area contributed by atoms with E-state index >= 15 is 0 Å². The van der Waals surface area contributed by atoms with E-state index < -0.39 is 0 Å². The monoisotopic (exact) mass is 267 g/mol. The molecule has 0 aromatic carbocycles. The van der Waals surface area contributed by atoms with Crippen LogP contribution in [0.25, 0.3) is 0 Å². The zero-order valence-electron chi connectivity index (χ0n) is 14.1. The predicted molar refractivity (Wildman–Crippen MR) is 86.5 cm³/mol. The molecule has 1 heteroatoms. The van der Waals surface area contributed by atoms with Gasteiger partial charge in [0.1, 0.15) is 0 Å². The van der Waals surface area contributed by atoms with Gasteiger partial charge >= 0.3 is 0 Å². The van der Waals surface area contributed by atoms with Crippen molar-refractivity contribution < 1.29 is 0 Å². The lowest BCUT2D eigenvalue weighted by Crippen LogP contribution is -2.40. The van der Waals surface area contributed by atoms with Gasteiger partial charge < -0.3 is 5.32 Å². The number of rotatable bonds is 7. The number of unbranched alkanes of at least 4 members (excludes halogenated alkanes) is 1. The molecule has 114 valence electrons. The molecule has 0 aliphatic heterocycles. The average molecular weight is 268 g/mol. The van der Waals surface area contributed by atoms with E-state index in [9.17, 15) is 0 Å². The molecule has 1 rings (SSSR count). The Labute approximate surface area is 121 Å². The molecule has 1 fully saturated rings. The van der Waals surface area contributed by atoms with Crippen LogP contribution in [-0.2, 0) is 0 Å². The van der Waals surface area contributed by atoms with Gasteiger partial charge in [-0.25, -0.2) is 0 Å². The molecule has 1 nitrogen and oxygen atoms in total. The van der Waals surface area contributed by atoms with Crippen molar-refractivity contribution in [3.63, 3.8) is 0 Å². The lowest BCUT2D eigenvalue weighted by Gasteiger charge is -2.44. The molecule has 0 aromatic rings. The second-order valence-electron chi connectivity index (χ2n) is 7.92. The van der Waals surface area contributed by atoms with E-state index in [-0.39, 0.29) is 0 Å². The van der Waals surface area contributed by atoms with E-state index in [1.54, 1.807) is 0 Å². The topological polar surface area (TPSA) is 12.0 Å². The highest BCUT2D eigenvalue weighted by Crippen LogP contribution is 2.47. The van der Waals surface area contributed by atoms with Crippen molar-refractivity contribution in [2.24, 2.45) is 16.7 Å². The van der Waals surface area contributed by atoms with Gasteiger partial charge in [-0.05, 0) is 61.8 Å². The van der Waals surface area contributed by atoms with Gasteiger partial charge in [-0.3, -0.25) is 0 Å². The molecule has 0 saturated heterocycles. The van der Waals surface area contributed by atoms with Crippen molar-refractivity contribution in [1.29, 1.82) is 0 Å². The van der Waals surface area contributed by atoms with Crippen LogP contribution in [0, 0.1) is 16.7 Å². The first kappa shape index (κ1) is 17.0. The molecular weight excluding hydrogens is 230 g/mol. The number of hydrogen-bond acceptors (Lipinski definition) is 1. The standard InChI is InChI=1S/C18H37N/c1-6-8-11-18(15-19-14-7-2)12-9-16(10-13-18)17(3,4)5/h16,19H,6-15H2,1-5H3. The highest BCUT2D eigenvalue weighted by Gasteiger charge is 2.37. The first-order valence-corrected chi connectivity index (χ1v) is 8.64. The van der Waals surface area contributed by atoms with E-state index in [2.05, 4.69) is 39.9 Å². The van der Waals surface area contributed by atoms with Crippen molar-refractivity contribution in [2.45, 2.75) is 86.0 Å². The molecule has 0 atom stereocenters. The maximum absolute atomic E-state index is 3.71. The third kappa shape index (κ3) is 5.45. The fourth-order valence-corrected chi connectivity index (χ4v) is 3.69. The van der Waals surface area contributed by atoms with Crippen molar-refractivity contribution in [1.82, 2.24) is 5.32 Å². The lowest BCUT2D eigenvalue weighted by atomic mass is 9.62. The normalized spacial score (nSPS) is 28.6. The Bertz CT molecular complexity index is 231. The number of nitrogens with one attached hydrogen (secondary N) is 1. The second-order valence-corrected chi connectivity index (χ2v) is 7.92. The lowest BCUT2D eigenvalue weighted by molar-refractivity contribution is 0.0780. The van der Waals surface area contributed by atoms with E-state index in [1.807, 2.05) is 0 Å². The molecule has 1 aliphatic carbocycles. The molecule has 0 aromatic heterocycles. The van der Waals surface area contributed by atoms with Gasteiger partial charge in [0, 0.05) is 6.54 Å². The van der Waals surface area contributed by atoms with E-state index in [0.717, 1.165) is 5.92 Å². The molecule has 1 N–H and O–H groups in total. The smallest absolute Gasteiger partial charge is 0.000781 e. The van der Waals surface area contributed by atoms with Crippen LogP contribution in [0.5, 0.6) is 0 Å². The predicted octanol–water partition coefficient (Wildman–Crippen LogP) is 5.40. The largest absolute Gasteiger partial charge is 0.316 e. The van der Waals surface area contributed by atoms with Crippen LogP contribution in [0.1, 0.15) is 86.0 Å². The second kappa shape index (κ2) is 7.67. The Morgan fingerprint density at radius 3 is 2.16 bits per heavy atom. The molecule has 0 bridgehead atoms. The van der Waals surface area contributed by atoms with Gasteiger partial charge in [0.15, 0.2) is 0 Å². The fourth-order valence-electron chi connectivity index (χ4n) is 3.69. The van der Waals surface area contributed by atoms with Crippen LogP contribution in [0.4, 0.5) is 0 Å². The van der Waals surface area contributed by atoms with Gasteiger partial charge in [0.2, 0.25) is 0 Å². The Kier molecular flexibility index (Phi) is 6.86. The van der Waals surface area contributed by atoms with Crippen LogP contribution in [-0.4, -0.2) is 13.1 Å². The number of hydrogen-bond donors (Lipinski definition) is 1. The van der Waals surface area contributed by atoms with Gasteiger partial charge in [0.05, 0.1) is 0 Å². The quantitative estimate of drug-likeness (QED) is 0.609. The summed E-state index contributed by atoms with van der Waals surface area (Å²) in [6, 6.07) is 0.